The lowest BCUT2D eigenvalue weighted by Gasteiger charge is -2.29. The van der Waals surface area contributed by atoms with Crippen LogP contribution < -0.4 is 0 Å². The first-order valence-corrected chi connectivity index (χ1v) is 13.3. The molecule has 0 N–H and O–H groups in total. The van der Waals surface area contributed by atoms with Gasteiger partial charge in [-0.2, -0.15) is 5.10 Å². The number of rotatable bonds is 3. The van der Waals surface area contributed by atoms with Crippen molar-refractivity contribution >= 4 is 65.5 Å². The van der Waals surface area contributed by atoms with Gasteiger partial charge in [-0.15, -0.1) is 0 Å². The lowest BCUT2D eigenvalue weighted by Crippen LogP contribution is -2.31. The van der Waals surface area contributed by atoms with Crippen molar-refractivity contribution in [3.05, 3.63) is 108 Å². The van der Waals surface area contributed by atoms with Crippen LogP contribution >= 0.6 is 47.8 Å². The number of carbonyl (C=O) groups is 1. The summed E-state index contributed by atoms with van der Waals surface area (Å²) in [6.07, 6.45) is 5.29. The molecule has 1 aliphatic heterocycles. The highest BCUT2D eigenvalue weighted by Gasteiger charge is 2.43. The molecule has 0 aromatic heterocycles. The minimum atomic E-state index is -0.113. The normalized spacial score (nSPS) is 21.1. The fourth-order valence-corrected chi connectivity index (χ4v) is 5.44. The second kappa shape index (κ2) is 9.69. The molecular weight excluding hydrogens is 608 g/mol. The van der Waals surface area contributed by atoms with Crippen molar-refractivity contribution in [1.29, 1.82) is 0 Å². The summed E-state index contributed by atoms with van der Waals surface area (Å²) >= 11 is 10.5. The zero-order chi connectivity index (χ0) is 22.9. The summed E-state index contributed by atoms with van der Waals surface area (Å²) in [6, 6.07) is 24.0. The van der Waals surface area contributed by atoms with Gasteiger partial charge >= 0.3 is 0 Å². The number of hydrogen-bond acceptors (Lipinski definition) is 2. The van der Waals surface area contributed by atoms with Gasteiger partial charge in [0.05, 0.1) is 11.8 Å². The third-order valence-electron chi connectivity index (χ3n) is 6.22. The van der Waals surface area contributed by atoms with Crippen molar-refractivity contribution in [1.82, 2.24) is 5.01 Å². The van der Waals surface area contributed by atoms with Crippen molar-refractivity contribution < 1.29 is 4.79 Å². The van der Waals surface area contributed by atoms with Gasteiger partial charge in [0, 0.05) is 24.9 Å². The minimum Gasteiger partial charge on any atom is -0.267 e. The van der Waals surface area contributed by atoms with Gasteiger partial charge in [0.15, 0.2) is 0 Å². The molecule has 0 radical (unpaired) electrons. The molecule has 1 fully saturated rings. The number of nitrogens with zero attached hydrogens (tertiary/aromatic N) is 2. The molecule has 3 nitrogen and oxygen atoms in total. The predicted molar refractivity (Wildman–Crippen MR) is 144 cm³/mol. The Labute approximate surface area is 219 Å². The molecule has 0 unspecified atom stereocenters. The summed E-state index contributed by atoms with van der Waals surface area (Å²) in [7, 11) is 0. The second-order valence-corrected chi connectivity index (χ2v) is 11.1. The molecule has 3 aromatic rings. The molecule has 1 aliphatic carbocycles. The van der Waals surface area contributed by atoms with Crippen molar-refractivity contribution in [3.63, 3.8) is 0 Å². The Balaban J connectivity index is 1.57. The second-order valence-electron chi connectivity index (χ2n) is 8.36. The molecule has 33 heavy (non-hydrogen) atoms. The highest BCUT2D eigenvalue weighted by Crippen LogP contribution is 2.45. The van der Waals surface area contributed by atoms with Crippen LogP contribution in [0.5, 0.6) is 0 Å². The Morgan fingerprint density at radius 2 is 1.42 bits per heavy atom. The van der Waals surface area contributed by atoms with E-state index in [1.165, 1.54) is 5.57 Å². The summed E-state index contributed by atoms with van der Waals surface area (Å²) in [4.78, 5) is 13.6. The molecule has 6 heteroatoms. The average molecular weight is 629 g/mol. The van der Waals surface area contributed by atoms with E-state index in [9.17, 15) is 4.79 Å². The van der Waals surface area contributed by atoms with Crippen LogP contribution in [0.3, 0.4) is 0 Å². The number of hydrogen-bond donors (Lipinski definition) is 0. The molecule has 0 saturated heterocycles. The molecule has 0 spiro atoms. The van der Waals surface area contributed by atoms with Gasteiger partial charge in [0.2, 0.25) is 0 Å². The van der Waals surface area contributed by atoms with Gasteiger partial charge in [0.25, 0.3) is 5.91 Å². The van der Waals surface area contributed by atoms with Crippen molar-refractivity contribution in [2.24, 2.45) is 11.0 Å². The van der Waals surface area contributed by atoms with E-state index in [4.69, 9.17) is 5.10 Å². The van der Waals surface area contributed by atoms with E-state index < -0.39 is 0 Å². The fraction of sp³-hybridized carbons (Fsp3) is 0.185. The highest BCUT2D eigenvalue weighted by atomic mass is 79.9. The first-order chi connectivity index (χ1) is 16.0. The predicted octanol–water partition coefficient (Wildman–Crippen LogP) is 8.41. The maximum atomic E-state index is 13.6. The Morgan fingerprint density at radius 3 is 2.06 bits per heavy atom. The number of carbonyl (C=O) groups excluding carboxylic acids is 1. The molecule has 2 aliphatic rings. The molecule has 1 saturated carbocycles. The zero-order valence-electron chi connectivity index (χ0n) is 17.7. The lowest BCUT2D eigenvalue weighted by molar-refractivity contribution is 0.0681. The quantitative estimate of drug-likeness (QED) is 0.287. The molecule has 1 heterocycles. The van der Waals surface area contributed by atoms with Gasteiger partial charge in [-0.1, -0.05) is 72.1 Å². The van der Waals surface area contributed by atoms with Crippen LogP contribution in [0.2, 0.25) is 0 Å². The molecule has 2 atom stereocenters. The van der Waals surface area contributed by atoms with E-state index in [1.807, 2.05) is 36.4 Å². The van der Waals surface area contributed by atoms with Crippen molar-refractivity contribution in [3.8, 4) is 0 Å². The molecule has 166 valence electrons. The molecule has 0 bridgehead atoms. The number of halogens is 3. The molecular formula is C27H21Br3N2O. The largest absolute Gasteiger partial charge is 0.274 e. The maximum absolute atomic E-state index is 13.6. The summed E-state index contributed by atoms with van der Waals surface area (Å²) in [5, 5.41) is 6.70. The van der Waals surface area contributed by atoms with E-state index in [-0.39, 0.29) is 17.9 Å². The maximum Gasteiger partial charge on any atom is 0.274 e. The first kappa shape index (κ1) is 22.8. The van der Waals surface area contributed by atoms with Gasteiger partial charge < -0.3 is 0 Å². The number of allylic oxidation sites excluding steroid dienone is 1. The van der Waals surface area contributed by atoms with Crippen LogP contribution in [0, 0.1) is 5.92 Å². The Morgan fingerprint density at radius 1 is 0.848 bits per heavy atom. The van der Waals surface area contributed by atoms with Crippen LogP contribution in [0.1, 0.15) is 46.8 Å². The SMILES string of the molecule is O=C(c1ccc(Br)cc1)N1N=C2/C(=C/c3ccc(Br)cc3)CCC[C@@H]2[C@@H]1c1ccc(Br)cc1. The standard InChI is InChI=1S/C27H21Br3N2O/c28-21-10-4-17(5-11-21)16-20-2-1-3-24-25(20)31-32(26(24)18-6-12-22(29)13-7-18)27(33)19-8-14-23(30)15-9-19/h4-16,24,26H,1-3H2/b20-16+/t24-,26-/m0/s1. The van der Waals surface area contributed by atoms with Gasteiger partial charge in [-0.3, -0.25) is 4.79 Å². The number of amides is 1. The van der Waals surface area contributed by atoms with Crippen LogP contribution in [-0.4, -0.2) is 16.6 Å². The van der Waals surface area contributed by atoms with Crippen LogP contribution in [0.25, 0.3) is 6.08 Å². The third kappa shape index (κ3) is 4.79. The molecule has 1 amide bonds. The number of benzene rings is 3. The van der Waals surface area contributed by atoms with Crippen molar-refractivity contribution in [2.45, 2.75) is 25.3 Å². The van der Waals surface area contributed by atoms with E-state index in [0.29, 0.717) is 5.56 Å². The Hall–Kier alpha value is -2.02. The Bertz CT molecular complexity index is 1230. The summed E-state index contributed by atoms with van der Waals surface area (Å²) in [5.74, 6) is 0.112. The van der Waals surface area contributed by atoms with Crippen LogP contribution in [0.4, 0.5) is 0 Å². The van der Waals surface area contributed by atoms with E-state index in [1.54, 1.807) is 5.01 Å². The Kier molecular flexibility index (Phi) is 6.68. The monoisotopic (exact) mass is 626 g/mol. The van der Waals surface area contributed by atoms with E-state index >= 15 is 0 Å². The van der Waals surface area contributed by atoms with Gasteiger partial charge in [-0.05, 0) is 90.6 Å². The zero-order valence-corrected chi connectivity index (χ0v) is 22.5. The smallest absolute Gasteiger partial charge is 0.267 e. The summed E-state index contributed by atoms with van der Waals surface area (Å²) in [6.45, 7) is 0. The summed E-state index contributed by atoms with van der Waals surface area (Å²) in [5.41, 5.74) is 5.16. The number of fused-ring (bicyclic) bond motifs is 1. The summed E-state index contributed by atoms with van der Waals surface area (Å²) < 4.78 is 3.03. The average Bonchev–Trinajstić information content (AvgIpc) is 3.22. The van der Waals surface area contributed by atoms with Gasteiger partial charge in [-0.25, -0.2) is 5.01 Å². The van der Waals surface area contributed by atoms with Crippen molar-refractivity contribution in [2.75, 3.05) is 0 Å². The topological polar surface area (TPSA) is 32.7 Å². The van der Waals surface area contributed by atoms with Crippen LogP contribution in [-0.2, 0) is 0 Å². The highest BCUT2D eigenvalue weighted by molar-refractivity contribution is 9.11. The fourth-order valence-electron chi connectivity index (χ4n) is 4.65. The van der Waals surface area contributed by atoms with E-state index in [0.717, 1.165) is 49.5 Å². The van der Waals surface area contributed by atoms with E-state index in [2.05, 4.69) is 90.3 Å². The third-order valence-corrected chi connectivity index (χ3v) is 7.81. The lowest BCUT2D eigenvalue weighted by atomic mass is 9.77. The first-order valence-electron chi connectivity index (χ1n) is 10.9. The van der Waals surface area contributed by atoms with Gasteiger partial charge in [0.1, 0.15) is 0 Å². The minimum absolute atomic E-state index is 0.0692. The van der Waals surface area contributed by atoms with Crippen LogP contribution in [0.15, 0.2) is 96.9 Å². The molecule has 3 aromatic carbocycles. The number of hydrazone groups is 1. The molecule has 5 rings (SSSR count).